The van der Waals surface area contributed by atoms with Gasteiger partial charge in [0.15, 0.2) is 0 Å². The molecule has 0 aromatic heterocycles. The molecule has 3 heteroatoms. The Morgan fingerprint density at radius 3 is 2.57 bits per heavy atom. The van der Waals surface area contributed by atoms with Crippen molar-refractivity contribution < 1.29 is 4.48 Å². The molecule has 2 nitrogen and oxygen atoms in total. The van der Waals surface area contributed by atoms with Gasteiger partial charge in [-0.2, -0.15) is 0 Å². The van der Waals surface area contributed by atoms with E-state index in [0.29, 0.717) is 5.57 Å². The van der Waals surface area contributed by atoms with Crippen LogP contribution < -0.4 is 5.73 Å². The molecular formula is C4H7FN2. The van der Waals surface area contributed by atoms with E-state index >= 15 is 0 Å². The average Bonchev–Trinajstić information content (AvgIpc) is 1.68. The van der Waals surface area contributed by atoms with Gasteiger partial charge in [-0.3, -0.25) is 0 Å². The number of halogens is 1. The third-order valence-corrected chi connectivity index (χ3v) is 0.515. The van der Waals surface area contributed by atoms with Crippen LogP contribution in [0.4, 0.5) is 4.48 Å². The largest absolute Gasteiger partial charge is 0.404 e. The van der Waals surface area contributed by atoms with Crippen LogP contribution in [-0.2, 0) is 0 Å². The Balaban J connectivity index is 3.58. The molecule has 0 heterocycles. The van der Waals surface area contributed by atoms with Gasteiger partial charge in [0.2, 0.25) is 0 Å². The highest BCUT2D eigenvalue weighted by Crippen LogP contribution is 1.81. The van der Waals surface area contributed by atoms with Crippen molar-refractivity contribution in [3.8, 4) is 0 Å². The summed E-state index contributed by atoms with van der Waals surface area (Å²) in [6.07, 6.45) is 2.32. The monoisotopic (exact) mass is 102 g/mol. The molecule has 0 aliphatic rings. The van der Waals surface area contributed by atoms with E-state index in [1.807, 2.05) is 0 Å². The van der Waals surface area contributed by atoms with Crippen LogP contribution in [0.5, 0.6) is 0 Å². The molecule has 0 unspecified atom stereocenters. The molecule has 0 bridgehead atoms. The molecule has 0 aromatic carbocycles. The van der Waals surface area contributed by atoms with Crippen molar-refractivity contribution in [2.75, 3.05) is 0 Å². The number of nitrogens with two attached hydrogens (primary N) is 1. The van der Waals surface area contributed by atoms with Gasteiger partial charge in [0.05, 0.1) is 6.21 Å². The number of nitrogens with zero attached hydrogens (tertiary/aromatic N) is 1. The van der Waals surface area contributed by atoms with Gasteiger partial charge in [-0.1, -0.05) is 9.70 Å². The van der Waals surface area contributed by atoms with Gasteiger partial charge < -0.3 is 5.73 Å². The van der Waals surface area contributed by atoms with Crippen molar-refractivity contribution in [1.82, 2.24) is 0 Å². The minimum absolute atomic E-state index is 0.613. The smallest absolute Gasteiger partial charge is 0.0643 e. The van der Waals surface area contributed by atoms with E-state index in [0.717, 1.165) is 6.21 Å². The van der Waals surface area contributed by atoms with Crippen LogP contribution in [0.25, 0.3) is 0 Å². The molecule has 7 heavy (non-hydrogen) atoms. The second-order valence-electron chi connectivity index (χ2n) is 1.14. The standard InChI is InChI=1S/C4H7FN2/c1-4(2-6)3-7-5/h2-3H,6H2,1H3. The third-order valence-electron chi connectivity index (χ3n) is 0.515. The van der Waals surface area contributed by atoms with Gasteiger partial charge in [0, 0.05) is 0 Å². The molecule has 0 rings (SSSR count). The Bertz CT molecular complexity index is 95.9. The van der Waals surface area contributed by atoms with E-state index in [2.05, 4.69) is 5.21 Å². The fourth-order valence-corrected chi connectivity index (χ4v) is 0.120. The van der Waals surface area contributed by atoms with E-state index in [-0.39, 0.29) is 0 Å². The summed E-state index contributed by atoms with van der Waals surface area (Å²) in [5, 5.41) is 2.23. The Morgan fingerprint density at radius 2 is 2.43 bits per heavy atom. The summed E-state index contributed by atoms with van der Waals surface area (Å²) in [6, 6.07) is 0. The summed E-state index contributed by atoms with van der Waals surface area (Å²) >= 11 is 0. The fourth-order valence-electron chi connectivity index (χ4n) is 0.120. The van der Waals surface area contributed by atoms with Crippen LogP contribution in [0.3, 0.4) is 0 Å². The summed E-state index contributed by atoms with van der Waals surface area (Å²) in [4.78, 5) is 0. The van der Waals surface area contributed by atoms with E-state index in [9.17, 15) is 4.48 Å². The molecule has 0 aromatic rings. The molecule has 40 valence electrons. The predicted molar refractivity (Wildman–Crippen MR) is 27.5 cm³/mol. The first kappa shape index (κ1) is 6.14. The Kier molecular flexibility index (Phi) is 2.92. The van der Waals surface area contributed by atoms with Crippen molar-refractivity contribution in [2.45, 2.75) is 6.92 Å². The lowest BCUT2D eigenvalue weighted by Crippen LogP contribution is -1.83. The summed E-state index contributed by atoms with van der Waals surface area (Å²) < 4.78 is 10.9. The van der Waals surface area contributed by atoms with Crippen LogP contribution in [-0.4, -0.2) is 6.21 Å². The topological polar surface area (TPSA) is 38.4 Å². The normalized spacial score (nSPS) is 13.1. The lowest BCUT2D eigenvalue weighted by Gasteiger charge is -1.78. The van der Waals surface area contributed by atoms with Gasteiger partial charge in [0.25, 0.3) is 0 Å². The van der Waals surface area contributed by atoms with Crippen molar-refractivity contribution in [2.24, 2.45) is 10.9 Å². The zero-order valence-electron chi connectivity index (χ0n) is 4.06. The maximum Gasteiger partial charge on any atom is 0.0643 e. The maximum absolute atomic E-state index is 10.9. The van der Waals surface area contributed by atoms with Crippen LogP contribution >= 0.6 is 0 Å². The highest BCUT2D eigenvalue weighted by atomic mass is 19.2. The van der Waals surface area contributed by atoms with E-state index in [1.54, 1.807) is 6.92 Å². The quantitative estimate of drug-likeness (QED) is 0.489. The minimum Gasteiger partial charge on any atom is -0.404 e. The molecule has 2 N–H and O–H groups in total. The number of rotatable bonds is 1. The average molecular weight is 102 g/mol. The van der Waals surface area contributed by atoms with Crippen molar-refractivity contribution >= 4 is 6.21 Å². The summed E-state index contributed by atoms with van der Waals surface area (Å²) in [7, 11) is 0. The Morgan fingerprint density at radius 1 is 1.86 bits per heavy atom. The first-order chi connectivity index (χ1) is 3.31. The number of hydrogen-bond acceptors (Lipinski definition) is 2. The molecule has 0 saturated carbocycles. The fraction of sp³-hybridized carbons (Fsp3) is 0.250. The summed E-state index contributed by atoms with van der Waals surface area (Å²) in [5.41, 5.74) is 5.55. The Labute approximate surface area is 41.5 Å². The van der Waals surface area contributed by atoms with Crippen molar-refractivity contribution in [1.29, 1.82) is 0 Å². The summed E-state index contributed by atoms with van der Waals surface area (Å²) in [5.74, 6) is 0. The van der Waals surface area contributed by atoms with Gasteiger partial charge in [0.1, 0.15) is 0 Å². The van der Waals surface area contributed by atoms with Crippen LogP contribution in [0, 0.1) is 0 Å². The van der Waals surface area contributed by atoms with E-state index in [4.69, 9.17) is 5.73 Å². The number of hydrogen-bond donors (Lipinski definition) is 1. The van der Waals surface area contributed by atoms with Gasteiger partial charge in [-0.15, -0.1) is 0 Å². The van der Waals surface area contributed by atoms with Crippen LogP contribution in [0.1, 0.15) is 6.92 Å². The first-order valence-electron chi connectivity index (χ1n) is 1.84. The molecule has 0 spiro atoms. The molecule has 0 amide bonds. The number of allylic oxidation sites excluding steroid dienone is 1. The third kappa shape index (κ3) is 2.96. The lowest BCUT2D eigenvalue weighted by atomic mass is 10.4. The molecular weight excluding hydrogens is 95.1 g/mol. The zero-order valence-corrected chi connectivity index (χ0v) is 4.06. The molecule has 0 aliphatic heterocycles. The second kappa shape index (κ2) is 3.33. The second-order valence-corrected chi connectivity index (χ2v) is 1.14. The molecule has 0 atom stereocenters. The highest BCUT2D eigenvalue weighted by molar-refractivity contribution is 5.76. The van der Waals surface area contributed by atoms with Crippen LogP contribution in [0.2, 0.25) is 0 Å². The summed E-state index contributed by atoms with van der Waals surface area (Å²) in [6.45, 7) is 1.66. The van der Waals surface area contributed by atoms with Crippen molar-refractivity contribution in [3.05, 3.63) is 11.8 Å². The van der Waals surface area contributed by atoms with E-state index < -0.39 is 0 Å². The highest BCUT2D eigenvalue weighted by Gasteiger charge is 1.73. The Hall–Kier alpha value is -0.860. The van der Waals surface area contributed by atoms with Gasteiger partial charge in [-0.05, 0) is 18.7 Å². The minimum atomic E-state index is 0.613. The lowest BCUT2D eigenvalue weighted by molar-refractivity contribution is 0.541. The zero-order chi connectivity index (χ0) is 5.70. The maximum atomic E-state index is 10.9. The SMILES string of the molecule is CC(C=NF)=CN. The first-order valence-corrected chi connectivity index (χ1v) is 1.84. The van der Waals surface area contributed by atoms with Gasteiger partial charge >= 0.3 is 0 Å². The van der Waals surface area contributed by atoms with Gasteiger partial charge in [-0.25, -0.2) is 0 Å². The van der Waals surface area contributed by atoms with E-state index in [1.165, 1.54) is 6.20 Å². The molecule has 0 fully saturated rings. The van der Waals surface area contributed by atoms with Crippen LogP contribution in [0.15, 0.2) is 17.0 Å². The molecule has 0 aliphatic carbocycles. The van der Waals surface area contributed by atoms with Crippen molar-refractivity contribution in [3.63, 3.8) is 0 Å². The molecule has 0 saturated heterocycles. The predicted octanol–water partition coefficient (Wildman–Crippen LogP) is 0.804. The molecule has 0 radical (unpaired) electrons.